The van der Waals surface area contributed by atoms with E-state index in [1.165, 1.54) is 12.8 Å². The van der Waals surface area contributed by atoms with Crippen molar-refractivity contribution in [3.8, 4) is 0 Å². The van der Waals surface area contributed by atoms with Crippen LogP contribution in [-0.4, -0.2) is 17.9 Å². The summed E-state index contributed by atoms with van der Waals surface area (Å²) in [6.07, 6.45) is 4.77. The molecule has 1 aromatic rings. The molecule has 2 aliphatic heterocycles. The summed E-state index contributed by atoms with van der Waals surface area (Å²) in [6, 6.07) is 4.10. The second-order valence-electron chi connectivity index (χ2n) is 5.76. The van der Waals surface area contributed by atoms with E-state index in [0.29, 0.717) is 24.4 Å². The maximum atomic E-state index is 13.1. The van der Waals surface area contributed by atoms with Crippen LogP contribution in [0.3, 0.4) is 0 Å². The number of fused-ring (bicyclic) bond motifs is 2. The van der Waals surface area contributed by atoms with E-state index in [4.69, 9.17) is 0 Å². The highest BCUT2D eigenvalue weighted by Crippen LogP contribution is 2.33. The van der Waals surface area contributed by atoms with Crippen molar-refractivity contribution in [2.75, 3.05) is 0 Å². The van der Waals surface area contributed by atoms with E-state index in [1.54, 1.807) is 0 Å². The Morgan fingerprint density at radius 3 is 2.26 bits per heavy atom. The monoisotopic (exact) mass is 265 g/mol. The number of hydrogen-bond donors (Lipinski definition) is 1. The molecule has 2 atom stereocenters. The Balaban J connectivity index is 1.67. The Kier molecular flexibility index (Phi) is 3.35. The van der Waals surface area contributed by atoms with Crippen LogP contribution in [0.5, 0.6) is 0 Å². The molecule has 1 aromatic carbocycles. The Morgan fingerprint density at radius 2 is 1.68 bits per heavy atom. The van der Waals surface area contributed by atoms with Gasteiger partial charge in [-0.15, -0.1) is 0 Å². The number of carbonyl (C=O) groups excluding carboxylic acids is 1. The zero-order chi connectivity index (χ0) is 13.4. The minimum Gasteiger partial charge on any atom is -0.311 e. The molecule has 0 aromatic heterocycles. The molecule has 0 radical (unpaired) electrons. The van der Waals surface area contributed by atoms with Crippen LogP contribution in [0.2, 0.25) is 0 Å². The third kappa shape index (κ3) is 2.84. The van der Waals surface area contributed by atoms with Gasteiger partial charge in [0.15, 0.2) is 5.78 Å². The average molecular weight is 265 g/mol. The number of hydrogen-bond acceptors (Lipinski definition) is 2. The number of benzene rings is 1. The largest absolute Gasteiger partial charge is 0.311 e. The predicted molar refractivity (Wildman–Crippen MR) is 68.0 cm³/mol. The van der Waals surface area contributed by atoms with Crippen LogP contribution < -0.4 is 5.32 Å². The van der Waals surface area contributed by atoms with Crippen LogP contribution >= 0.6 is 0 Å². The first-order valence-corrected chi connectivity index (χ1v) is 6.85. The molecule has 2 fully saturated rings. The maximum Gasteiger partial charge on any atom is 0.163 e. The van der Waals surface area contributed by atoms with Crippen molar-refractivity contribution in [3.05, 3.63) is 35.4 Å². The molecule has 2 nitrogen and oxygen atoms in total. The van der Waals surface area contributed by atoms with E-state index in [9.17, 15) is 13.6 Å². The highest BCUT2D eigenvalue weighted by atomic mass is 19.1. The van der Waals surface area contributed by atoms with Crippen molar-refractivity contribution in [1.29, 1.82) is 0 Å². The molecule has 2 saturated heterocycles. The third-order valence-electron chi connectivity index (χ3n) is 4.23. The second-order valence-corrected chi connectivity index (χ2v) is 5.76. The molecule has 2 aliphatic rings. The summed E-state index contributed by atoms with van der Waals surface area (Å²) < 4.78 is 26.2. The molecule has 0 amide bonds. The Labute approximate surface area is 111 Å². The first-order valence-electron chi connectivity index (χ1n) is 6.85. The van der Waals surface area contributed by atoms with Gasteiger partial charge in [-0.05, 0) is 43.7 Å². The molecule has 2 bridgehead atoms. The van der Waals surface area contributed by atoms with Crippen LogP contribution in [0.25, 0.3) is 0 Å². The molecule has 2 unspecified atom stereocenters. The summed E-state index contributed by atoms with van der Waals surface area (Å²) in [5.74, 6) is -1.18. The first-order chi connectivity index (χ1) is 9.10. The van der Waals surface area contributed by atoms with E-state index in [1.807, 2.05) is 0 Å². The van der Waals surface area contributed by atoms with Gasteiger partial charge in [0.25, 0.3) is 0 Å². The predicted octanol–water partition coefficient (Wildman–Crippen LogP) is 3.07. The number of piperidine rings is 1. The van der Waals surface area contributed by atoms with Gasteiger partial charge in [-0.2, -0.15) is 0 Å². The summed E-state index contributed by atoms with van der Waals surface area (Å²) in [4.78, 5) is 12.1. The highest BCUT2D eigenvalue weighted by Gasteiger charge is 2.34. The van der Waals surface area contributed by atoms with Crippen molar-refractivity contribution in [3.63, 3.8) is 0 Å². The minimum atomic E-state index is -0.686. The van der Waals surface area contributed by atoms with Crippen molar-refractivity contribution < 1.29 is 13.6 Å². The number of ketones is 1. The third-order valence-corrected chi connectivity index (χ3v) is 4.23. The zero-order valence-corrected chi connectivity index (χ0v) is 10.7. The molecule has 4 heteroatoms. The zero-order valence-electron chi connectivity index (χ0n) is 10.7. The fourth-order valence-corrected chi connectivity index (χ4v) is 3.44. The van der Waals surface area contributed by atoms with Gasteiger partial charge in [-0.25, -0.2) is 8.78 Å². The minimum absolute atomic E-state index is 0.148. The van der Waals surface area contributed by atoms with Gasteiger partial charge >= 0.3 is 0 Å². The van der Waals surface area contributed by atoms with Crippen LogP contribution in [0.15, 0.2) is 18.2 Å². The van der Waals surface area contributed by atoms with E-state index in [2.05, 4.69) is 5.32 Å². The van der Waals surface area contributed by atoms with Crippen LogP contribution in [0, 0.1) is 17.6 Å². The van der Waals surface area contributed by atoms with E-state index in [-0.39, 0.29) is 11.3 Å². The number of Topliss-reactive ketones (excluding diaryl/α,β-unsaturated/α-hetero) is 1. The van der Waals surface area contributed by atoms with Crippen LogP contribution in [0.1, 0.15) is 42.5 Å². The molecular weight excluding hydrogens is 248 g/mol. The fraction of sp³-hybridized carbons (Fsp3) is 0.533. The molecule has 19 heavy (non-hydrogen) atoms. The quantitative estimate of drug-likeness (QED) is 0.851. The number of halogens is 2. The summed E-state index contributed by atoms with van der Waals surface area (Å²) in [5.41, 5.74) is 0.156. The molecular formula is C15H17F2NO. The van der Waals surface area contributed by atoms with Gasteiger partial charge < -0.3 is 5.32 Å². The van der Waals surface area contributed by atoms with Gasteiger partial charge in [0.05, 0.1) is 0 Å². The average Bonchev–Trinajstić information content (AvgIpc) is 2.67. The van der Waals surface area contributed by atoms with Gasteiger partial charge in [0.1, 0.15) is 11.6 Å². The van der Waals surface area contributed by atoms with Gasteiger partial charge in [-0.1, -0.05) is 0 Å². The molecule has 0 aliphatic carbocycles. The van der Waals surface area contributed by atoms with E-state index < -0.39 is 11.6 Å². The highest BCUT2D eigenvalue weighted by molar-refractivity contribution is 5.96. The van der Waals surface area contributed by atoms with E-state index >= 15 is 0 Å². The SMILES string of the molecule is O=C(CC1CC2CCC(C1)N2)c1cc(F)cc(F)c1. The van der Waals surface area contributed by atoms with Crippen molar-refractivity contribution in [1.82, 2.24) is 5.32 Å². The molecule has 1 N–H and O–H groups in total. The van der Waals surface area contributed by atoms with Gasteiger partial charge in [0, 0.05) is 30.1 Å². The summed E-state index contributed by atoms with van der Waals surface area (Å²) >= 11 is 0. The summed E-state index contributed by atoms with van der Waals surface area (Å²) in [5, 5.41) is 3.52. The lowest BCUT2D eigenvalue weighted by Crippen LogP contribution is -2.38. The smallest absolute Gasteiger partial charge is 0.163 e. The molecule has 0 saturated carbocycles. The second kappa shape index (κ2) is 5.00. The standard InChI is InChI=1S/C15H17F2NO/c16-11-6-10(7-12(17)8-11)15(19)5-9-3-13-1-2-14(4-9)18-13/h6-9,13-14,18H,1-5H2. The molecule has 0 spiro atoms. The molecule has 2 heterocycles. The van der Waals surface area contributed by atoms with Gasteiger partial charge in [0.2, 0.25) is 0 Å². The Hall–Kier alpha value is -1.29. The van der Waals surface area contributed by atoms with E-state index in [0.717, 1.165) is 31.0 Å². The maximum absolute atomic E-state index is 13.1. The summed E-state index contributed by atoms with van der Waals surface area (Å²) in [6.45, 7) is 0. The lowest BCUT2D eigenvalue weighted by atomic mass is 9.87. The van der Waals surface area contributed by atoms with Crippen LogP contribution in [0.4, 0.5) is 8.78 Å². The number of nitrogens with one attached hydrogen (secondary N) is 1. The topological polar surface area (TPSA) is 29.1 Å². The number of carbonyl (C=O) groups is 1. The van der Waals surface area contributed by atoms with Crippen LogP contribution in [-0.2, 0) is 0 Å². The lowest BCUT2D eigenvalue weighted by molar-refractivity contribution is 0.0944. The Bertz CT molecular complexity index is 471. The van der Waals surface area contributed by atoms with Crippen molar-refractivity contribution in [2.45, 2.75) is 44.2 Å². The Morgan fingerprint density at radius 1 is 1.11 bits per heavy atom. The normalized spacial score (nSPS) is 29.5. The summed E-state index contributed by atoms with van der Waals surface area (Å²) in [7, 11) is 0. The van der Waals surface area contributed by atoms with Crippen molar-refractivity contribution in [2.24, 2.45) is 5.92 Å². The lowest BCUT2D eigenvalue weighted by Gasteiger charge is -2.28. The first kappa shape index (κ1) is 12.7. The number of rotatable bonds is 3. The molecule has 102 valence electrons. The molecule has 3 rings (SSSR count). The van der Waals surface area contributed by atoms with Gasteiger partial charge in [-0.3, -0.25) is 4.79 Å². The van der Waals surface area contributed by atoms with Crippen molar-refractivity contribution >= 4 is 5.78 Å². The fourth-order valence-electron chi connectivity index (χ4n) is 3.44.